The standard InChI is InChI=1S/C10H21NO2/c1-9(2,3)11(6)8(12)10(4,5)13-7/h1-7H3. The Labute approximate surface area is 81.1 Å². The molecule has 0 aliphatic heterocycles. The molecule has 0 fully saturated rings. The van der Waals surface area contributed by atoms with Crippen LogP contribution in [0.1, 0.15) is 34.6 Å². The molecule has 0 radical (unpaired) electrons. The molecule has 0 unspecified atom stereocenters. The summed E-state index contributed by atoms with van der Waals surface area (Å²) in [6, 6.07) is 0. The molecule has 0 bridgehead atoms. The Kier molecular flexibility index (Phi) is 3.50. The van der Waals surface area contributed by atoms with Gasteiger partial charge in [-0.3, -0.25) is 4.79 Å². The average Bonchev–Trinajstić information content (AvgIpc) is 2.00. The molecule has 0 saturated heterocycles. The van der Waals surface area contributed by atoms with Gasteiger partial charge in [0.15, 0.2) is 0 Å². The molecule has 0 aromatic rings. The van der Waals surface area contributed by atoms with Gasteiger partial charge in [-0.2, -0.15) is 0 Å². The molecule has 0 aromatic carbocycles. The van der Waals surface area contributed by atoms with E-state index in [1.54, 1.807) is 32.9 Å². The normalized spacial score (nSPS) is 12.8. The van der Waals surface area contributed by atoms with Crippen LogP contribution in [-0.4, -0.2) is 36.1 Å². The summed E-state index contributed by atoms with van der Waals surface area (Å²) in [7, 11) is 3.34. The molecule has 0 N–H and O–H groups in total. The lowest BCUT2D eigenvalue weighted by molar-refractivity contribution is -0.154. The van der Waals surface area contributed by atoms with Crippen LogP contribution in [0.5, 0.6) is 0 Å². The highest BCUT2D eigenvalue weighted by Gasteiger charge is 2.34. The molecule has 0 rings (SSSR count). The first kappa shape index (κ1) is 12.4. The highest BCUT2D eigenvalue weighted by Crippen LogP contribution is 2.18. The predicted octanol–water partition coefficient (Wildman–Crippen LogP) is 1.67. The molecule has 1 amide bonds. The van der Waals surface area contributed by atoms with Gasteiger partial charge in [0.25, 0.3) is 5.91 Å². The van der Waals surface area contributed by atoms with E-state index in [4.69, 9.17) is 4.74 Å². The minimum absolute atomic E-state index is 0.00231. The monoisotopic (exact) mass is 187 g/mol. The van der Waals surface area contributed by atoms with E-state index < -0.39 is 5.60 Å². The Morgan fingerprint density at radius 3 is 1.77 bits per heavy atom. The zero-order valence-corrected chi connectivity index (χ0v) is 9.76. The number of hydrogen-bond donors (Lipinski definition) is 0. The Hall–Kier alpha value is -0.570. The van der Waals surface area contributed by atoms with Crippen LogP contribution in [0.3, 0.4) is 0 Å². The van der Waals surface area contributed by atoms with Crippen molar-refractivity contribution >= 4 is 5.91 Å². The zero-order valence-electron chi connectivity index (χ0n) is 9.76. The number of rotatable bonds is 2. The quantitative estimate of drug-likeness (QED) is 0.658. The van der Waals surface area contributed by atoms with Crippen molar-refractivity contribution < 1.29 is 9.53 Å². The second-order valence-corrected chi connectivity index (χ2v) is 4.75. The van der Waals surface area contributed by atoms with E-state index in [-0.39, 0.29) is 11.4 Å². The third kappa shape index (κ3) is 2.99. The Bertz CT molecular complexity index is 192. The number of likely N-dealkylation sites (N-methyl/N-ethyl adjacent to an activating group) is 1. The molecule has 78 valence electrons. The number of amides is 1. The van der Waals surface area contributed by atoms with E-state index >= 15 is 0 Å². The maximum Gasteiger partial charge on any atom is 0.254 e. The molecule has 0 aliphatic rings. The molecule has 3 nitrogen and oxygen atoms in total. The van der Waals surface area contributed by atoms with Crippen LogP contribution in [0.2, 0.25) is 0 Å². The van der Waals surface area contributed by atoms with E-state index in [0.717, 1.165) is 0 Å². The molecular weight excluding hydrogens is 166 g/mol. The number of methoxy groups -OCH3 is 1. The van der Waals surface area contributed by atoms with Crippen LogP contribution < -0.4 is 0 Å². The van der Waals surface area contributed by atoms with Gasteiger partial charge in [-0.15, -0.1) is 0 Å². The molecule has 0 atom stereocenters. The van der Waals surface area contributed by atoms with Crippen molar-refractivity contribution in [3.05, 3.63) is 0 Å². The average molecular weight is 187 g/mol. The van der Waals surface area contributed by atoms with Crippen molar-refractivity contribution in [3.63, 3.8) is 0 Å². The lowest BCUT2D eigenvalue weighted by atomic mass is 10.0. The highest BCUT2D eigenvalue weighted by molar-refractivity contribution is 5.84. The van der Waals surface area contributed by atoms with E-state index in [2.05, 4.69) is 0 Å². The minimum Gasteiger partial charge on any atom is -0.369 e. The summed E-state index contributed by atoms with van der Waals surface area (Å²) < 4.78 is 5.12. The number of nitrogens with zero attached hydrogens (tertiary/aromatic N) is 1. The number of carbonyl (C=O) groups excluding carboxylic acids is 1. The third-order valence-electron chi connectivity index (χ3n) is 2.34. The summed E-state index contributed by atoms with van der Waals surface area (Å²) in [5, 5.41) is 0. The van der Waals surface area contributed by atoms with Crippen molar-refractivity contribution in [1.82, 2.24) is 4.90 Å². The fraction of sp³-hybridized carbons (Fsp3) is 0.900. The summed E-state index contributed by atoms with van der Waals surface area (Å²) in [5.74, 6) is 0.00231. The maximum absolute atomic E-state index is 11.8. The minimum atomic E-state index is -0.734. The van der Waals surface area contributed by atoms with Crippen molar-refractivity contribution in [2.45, 2.75) is 45.8 Å². The predicted molar refractivity (Wildman–Crippen MR) is 53.6 cm³/mol. The van der Waals surface area contributed by atoms with Gasteiger partial charge in [0, 0.05) is 19.7 Å². The van der Waals surface area contributed by atoms with Crippen LogP contribution in [0.25, 0.3) is 0 Å². The van der Waals surface area contributed by atoms with Crippen LogP contribution >= 0.6 is 0 Å². The van der Waals surface area contributed by atoms with Gasteiger partial charge in [-0.05, 0) is 34.6 Å². The van der Waals surface area contributed by atoms with Gasteiger partial charge in [0.2, 0.25) is 0 Å². The second kappa shape index (κ2) is 3.66. The Morgan fingerprint density at radius 2 is 1.54 bits per heavy atom. The number of carbonyl (C=O) groups is 1. The van der Waals surface area contributed by atoms with Crippen LogP contribution in [0.4, 0.5) is 0 Å². The fourth-order valence-electron chi connectivity index (χ4n) is 0.796. The van der Waals surface area contributed by atoms with Crippen molar-refractivity contribution in [2.24, 2.45) is 0 Å². The van der Waals surface area contributed by atoms with Crippen molar-refractivity contribution in [3.8, 4) is 0 Å². The molecule has 13 heavy (non-hydrogen) atoms. The number of ether oxygens (including phenoxy) is 1. The fourth-order valence-corrected chi connectivity index (χ4v) is 0.796. The van der Waals surface area contributed by atoms with E-state index in [1.807, 2.05) is 20.8 Å². The molecular formula is C10H21NO2. The number of hydrogen-bond acceptors (Lipinski definition) is 2. The summed E-state index contributed by atoms with van der Waals surface area (Å²) in [6.07, 6.45) is 0. The van der Waals surface area contributed by atoms with Crippen molar-refractivity contribution in [2.75, 3.05) is 14.2 Å². The van der Waals surface area contributed by atoms with Gasteiger partial charge in [0.05, 0.1) is 0 Å². The Balaban J connectivity index is 4.63. The molecule has 0 saturated carbocycles. The van der Waals surface area contributed by atoms with Gasteiger partial charge < -0.3 is 9.64 Å². The summed E-state index contributed by atoms with van der Waals surface area (Å²) in [6.45, 7) is 9.54. The van der Waals surface area contributed by atoms with Gasteiger partial charge in [-0.25, -0.2) is 0 Å². The van der Waals surface area contributed by atoms with Gasteiger partial charge in [-0.1, -0.05) is 0 Å². The SMILES string of the molecule is COC(C)(C)C(=O)N(C)C(C)(C)C. The highest BCUT2D eigenvalue weighted by atomic mass is 16.5. The lowest BCUT2D eigenvalue weighted by Gasteiger charge is -2.37. The molecule has 0 heterocycles. The van der Waals surface area contributed by atoms with Crippen molar-refractivity contribution in [1.29, 1.82) is 0 Å². The summed E-state index contributed by atoms with van der Waals surface area (Å²) in [4.78, 5) is 13.5. The second-order valence-electron chi connectivity index (χ2n) is 4.75. The van der Waals surface area contributed by atoms with E-state index in [1.165, 1.54) is 0 Å². The lowest BCUT2D eigenvalue weighted by Crippen LogP contribution is -2.52. The first-order valence-electron chi connectivity index (χ1n) is 4.46. The first-order valence-corrected chi connectivity index (χ1v) is 4.46. The molecule has 0 aromatic heterocycles. The zero-order chi connectivity index (χ0) is 10.9. The van der Waals surface area contributed by atoms with Crippen LogP contribution in [0.15, 0.2) is 0 Å². The van der Waals surface area contributed by atoms with Crippen LogP contribution in [-0.2, 0) is 9.53 Å². The van der Waals surface area contributed by atoms with E-state index in [9.17, 15) is 4.79 Å². The van der Waals surface area contributed by atoms with Gasteiger partial charge in [0.1, 0.15) is 5.60 Å². The Morgan fingerprint density at radius 1 is 1.15 bits per heavy atom. The third-order valence-corrected chi connectivity index (χ3v) is 2.34. The topological polar surface area (TPSA) is 29.5 Å². The summed E-state index contributed by atoms with van der Waals surface area (Å²) in [5.41, 5.74) is -0.894. The van der Waals surface area contributed by atoms with Gasteiger partial charge >= 0.3 is 0 Å². The molecule has 0 aliphatic carbocycles. The summed E-state index contributed by atoms with van der Waals surface area (Å²) >= 11 is 0. The maximum atomic E-state index is 11.8. The molecule has 0 spiro atoms. The van der Waals surface area contributed by atoms with E-state index in [0.29, 0.717) is 0 Å². The first-order chi connectivity index (χ1) is 5.63. The largest absolute Gasteiger partial charge is 0.369 e. The smallest absolute Gasteiger partial charge is 0.254 e. The van der Waals surface area contributed by atoms with Crippen LogP contribution in [0, 0.1) is 0 Å². The molecule has 3 heteroatoms.